The van der Waals surface area contributed by atoms with Gasteiger partial charge in [-0.2, -0.15) is 0 Å². The molecule has 0 spiro atoms. The van der Waals surface area contributed by atoms with Crippen molar-refractivity contribution < 1.29 is 14.4 Å². The Kier molecular flexibility index (Phi) is 6.06. The van der Waals surface area contributed by atoms with Gasteiger partial charge in [0.2, 0.25) is 17.7 Å². The van der Waals surface area contributed by atoms with E-state index >= 15 is 0 Å². The predicted octanol–water partition coefficient (Wildman–Crippen LogP) is 2.34. The maximum atomic E-state index is 12.0. The minimum Gasteiger partial charge on any atom is -0.366 e. The largest absolute Gasteiger partial charge is 0.366 e. The Balaban J connectivity index is 1.41. The van der Waals surface area contributed by atoms with Crippen LogP contribution in [-0.4, -0.2) is 29.3 Å². The molecule has 1 aromatic heterocycles. The summed E-state index contributed by atoms with van der Waals surface area (Å²) in [6.45, 7) is 0.503. The average molecular weight is 378 g/mol. The molecule has 0 aliphatic carbocycles. The summed E-state index contributed by atoms with van der Waals surface area (Å²) in [4.78, 5) is 38.3. The second-order valence-corrected chi connectivity index (χ2v) is 6.45. The van der Waals surface area contributed by atoms with Crippen LogP contribution in [0.1, 0.15) is 28.8 Å². The Labute approximate surface area is 162 Å². The van der Waals surface area contributed by atoms with Gasteiger partial charge in [0.1, 0.15) is 0 Å². The van der Waals surface area contributed by atoms with Crippen LogP contribution >= 0.6 is 0 Å². The van der Waals surface area contributed by atoms with Crippen molar-refractivity contribution in [1.82, 2.24) is 10.3 Å². The van der Waals surface area contributed by atoms with Crippen LogP contribution in [-0.2, 0) is 16.0 Å². The third-order valence-electron chi connectivity index (χ3n) is 4.40. The van der Waals surface area contributed by atoms with Gasteiger partial charge < -0.3 is 21.4 Å². The normalized spacial score (nSPS) is 10.6. The first-order valence-electron chi connectivity index (χ1n) is 9.04. The monoisotopic (exact) mass is 378 g/mol. The van der Waals surface area contributed by atoms with Gasteiger partial charge in [0, 0.05) is 47.7 Å². The Morgan fingerprint density at radius 2 is 1.75 bits per heavy atom. The fourth-order valence-electron chi connectivity index (χ4n) is 2.96. The van der Waals surface area contributed by atoms with Gasteiger partial charge in [-0.05, 0) is 36.2 Å². The number of anilines is 1. The maximum absolute atomic E-state index is 12.0. The van der Waals surface area contributed by atoms with Gasteiger partial charge in [0.05, 0.1) is 0 Å². The molecular weight excluding hydrogens is 356 g/mol. The highest BCUT2D eigenvalue weighted by molar-refractivity contribution is 5.97. The number of carbonyl (C=O) groups is 3. The fourth-order valence-corrected chi connectivity index (χ4v) is 2.96. The number of nitrogens with two attached hydrogens (primary N) is 1. The molecule has 5 N–H and O–H groups in total. The van der Waals surface area contributed by atoms with Gasteiger partial charge in [0.25, 0.3) is 0 Å². The third kappa shape index (κ3) is 4.97. The number of para-hydroxylation sites is 1. The molecule has 0 saturated heterocycles. The second kappa shape index (κ2) is 8.85. The molecule has 0 aliphatic heterocycles. The van der Waals surface area contributed by atoms with E-state index in [0.717, 1.165) is 16.5 Å². The number of fused-ring (bicyclic) bond motifs is 1. The van der Waals surface area contributed by atoms with Gasteiger partial charge in [0.15, 0.2) is 0 Å². The molecule has 2 aromatic carbocycles. The van der Waals surface area contributed by atoms with Crippen LogP contribution in [0.5, 0.6) is 0 Å². The summed E-state index contributed by atoms with van der Waals surface area (Å²) in [5.74, 6) is -1.04. The molecule has 3 aromatic rings. The van der Waals surface area contributed by atoms with Crippen molar-refractivity contribution in [2.45, 2.75) is 19.3 Å². The van der Waals surface area contributed by atoms with E-state index in [-0.39, 0.29) is 24.7 Å². The summed E-state index contributed by atoms with van der Waals surface area (Å²) >= 11 is 0. The Bertz CT molecular complexity index is 1010. The van der Waals surface area contributed by atoms with Gasteiger partial charge >= 0.3 is 0 Å². The summed E-state index contributed by atoms with van der Waals surface area (Å²) in [6, 6.07) is 14.4. The number of amides is 3. The number of aromatic nitrogens is 1. The van der Waals surface area contributed by atoms with Crippen molar-refractivity contribution in [1.29, 1.82) is 0 Å². The van der Waals surface area contributed by atoms with Crippen LogP contribution in [0.2, 0.25) is 0 Å². The molecule has 1 heterocycles. The highest BCUT2D eigenvalue weighted by atomic mass is 16.2. The van der Waals surface area contributed by atoms with E-state index in [1.54, 1.807) is 18.2 Å². The predicted molar refractivity (Wildman–Crippen MR) is 108 cm³/mol. The number of H-pyrrole nitrogens is 1. The zero-order valence-corrected chi connectivity index (χ0v) is 15.3. The second-order valence-electron chi connectivity index (χ2n) is 6.45. The van der Waals surface area contributed by atoms with E-state index in [1.165, 1.54) is 6.07 Å². The number of nitrogens with one attached hydrogen (secondary N) is 3. The van der Waals surface area contributed by atoms with E-state index in [0.29, 0.717) is 24.2 Å². The quantitative estimate of drug-likeness (QED) is 0.482. The van der Waals surface area contributed by atoms with Crippen molar-refractivity contribution in [3.63, 3.8) is 0 Å². The zero-order chi connectivity index (χ0) is 19.9. The molecule has 0 saturated carbocycles. The standard InChI is InChI=1S/C21H22N4O3/c22-21(28)14-4-3-5-16(12-14)25-20(27)9-8-19(26)23-11-10-15-13-24-18-7-2-1-6-17(15)18/h1-7,12-13,24H,8-11H2,(H2,22,28)(H,23,26)(H,25,27). The summed E-state index contributed by atoms with van der Waals surface area (Å²) in [5, 5.41) is 6.64. The first-order chi connectivity index (χ1) is 13.5. The minimum atomic E-state index is -0.564. The van der Waals surface area contributed by atoms with Crippen LogP contribution in [0.4, 0.5) is 5.69 Å². The van der Waals surface area contributed by atoms with Crippen molar-refractivity contribution >= 4 is 34.3 Å². The number of primary amides is 1. The summed E-state index contributed by atoms with van der Waals surface area (Å²) in [5.41, 5.74) is 8.22. The number of benzene rings is 2. The average Bonchev–Trinajstić information content (AvgIpc) is 3.10. The molecule has 0 fully saturated rings. The Hall–Kier alpha value is -3.61. The first-order valence-corrected chi connectivity index (χ1v) is 9.04. The number of carbonyl (C=O) groups excluding carboxylic acids is 3. The summed E-state index contributed by atoms with van der Waals surface area (Å²) < 4.78 is 0. The van der Waals surface area contributed by atoms with Crippen molar-refractivity contribution in [2.75, 3.05) is 11.9 Å². The lowest BCUT2D eigenvalue weighted by Crippen LogP contribution is -2.26. The third-order valence-corrected chi connectivity index (χ3v) is 4.40. The van der Waals surface area contributed by atoms with E-state index < -0.39 is 5.91 Å². The maximum Gasteiger partial charge on any atom is 0.248 e. The first kappa shape index (κ1) is 19.2. The van der Waals surface area contributed by atoms with Crippen LogP contribution in [0, 0.1) is 0 Å². The lowest BCUT2D eigenvalue weighted by molar-refractivity contribution is -0.124. The molecule has 3 rings (SSSR count). The van der Waals surface area contributed by atoms with Crippen molar-refractivity contribution in [3.8, 4) is 0 Å². The number of hydrogen-bond acceptors (Lipinski definition) is 3. The topological polar surface area (TPSA) is 117 Å². The van der Waals surface area contributed by atoms with E-state index in [1.807, 2.05) is 30.5 Å². The smallest absolute Gasteiger partial charge is 0.248 e. The molecule has 3 amide bonds. The van der Waals surface area contributed by atoms with Crippen LogP contribution < -0.4 is 16.4 Å². The molecule has 7 nitrogen and oxygen atoms in total. The van der Waals surface area contributed by atoms with E-state index in [4.69, 9.17) is 5.73 Å². The molecule has 0 radical (unpaired) electrons. The van der Waals surface area contributed by atoms with Crippen molar-refractivity contribution in [2.24, 2.45) is 5.73 Å². The van der Waals surface area contributed by atoms with E-state index in [9.17, 15) is 14.4 Å². The molecular formula is C21H22N4O3. The molecule has 0 unspecified atom stereocenters. The molecule has 0 bridgehead atoms. The zero-order valence-electron chi connectivity index (χ0n) is 15.3. The SMILES string of the molecule is NC(=O)c1cccc(NC(=O)CCC(=O)NCCc2c[nH]c3ccccc23)c1. The summed E-state index contributed by atoms with van der Waals surface area (Å²) in [7, 11) is 0. The van der Waals surface area contributed by atoms with Crippen LogP contribution in [0.15, 0.2) is 54.7 Å². The fraction of sp³-hybridized carbons (Fsp3) is 0.190. The molecule has 0 atom stereocenters. The Morgan fingerprint density at radius 3 is 2.57 bits per heavy atom. The van der Waals surface area contributed by atoms with Gasteiger partial charge in [-0.15, -0.1) is 0 Å². The van der Waals surface area contributed by atoms with Gasteiger partial charge in [-0.1, -0.05) is 24.3 Å². The number of aromatic amines is 1. The van der Waals surface area contributed by atoms with Crippen LogP contribution in [0.3, 0.4) is 0 Å². The number of rotatable bonds is 8. The molecule has 7 heteroatoms. The molecule has 144 valence electrons. The van der Waals surface area contributed by atoms with Gasteiger partial charge in [-0.3, -0.25) is 14.4 Å². The lowest BCUT2D eigenvalue weighted by atomic mass is 10.1. The number of hydrogen-bond donors (Lipinski definition) is 4. The highest BCUT2D eigenvalue weighted by Gasteiger charge is 2.09. The summed E-state index contributed by atoms with van der Waals surface area (Å²) in [6.07, 6.45) is 2.81. The van der Waals surface area contributed by atoms with Gasteiger partial charge in [-0.25, -0.2) is 0 Å². The highest BCUT2D eigenvalue weighted by Crippen LogP contribution is 2.17. The lowest BCUT2D eigenvalue weighted by Gasteiger charge is -2.07. The van der Waals surface area contributed by atoms with E-state index in [2.05, 4.69) is 15.6 Å². The molecule has 0 aliphatic rings. The molecule has 28 heavy (non-hydrogen) atoms. The Morgan fingerprint density at radius 1 is 0.964 bits per heavy atom. The van der Waals surface area contributed by atoms with Crippen molar-refractivity contribution in [3.05, 3.63) is 65.9 Å². The van der Waals surface area contributed by atoms with Crippen LogP contribution in [0.25, 0.3) is 10.9 Å². The minimum absolute atomic E-state index is 0.0553.